The van der Waals surface area contributed by atoms with E-state index in [1.807, 2.05) is 36.5 Å². The van der Waals surface area contributed by atoms with E-state index in [0.717, 1.165) is 116 Å². The third kappa shape index (κ3) is 5.67. The fourth-order valence-electron chi connectivity index (χ4n) is 7.77. The molecule has 11 nitrogen and oxygen atoms in total. The van der Waals surface area contributed by atoms with Crippen molar-refractivity contribution in [1.29, 1.82) is 0 Å². The zero-order valence-corrected chi connectivity index (χ0v) is 28.7. The zero-order valence-electron chi connectivity index (χ0n) is 27.9. The number of piperidine rings is 1. The molecule has 1 N–H and O–H groups in total. The van der Waals surface area contributed by atoms with Crippen molar-refractivity contribution >= 4 is 34.4 Å². The molecular weight excluding hydrogens is 606 g/mol. The van der Waals surface area contributed by atoms with Gasteiger partial charge in [-0.15, -0.1) is 0 Å². The normalized spacial score (nSPS) is 24.8. The van der Waals surface area contributed by atoms with Crippen LogP contribution in [-0.2, 0) is 14.2 Å². The van der Waals surface area contributed by atoms with Crippen LogP contribution in [0.5, 0.6) is 0 Å². The molecule has 250 valence electrons. The van der Waals surface area contributed by atoms with Gasteiger partial charge in [0.2, 0.25) is 0 Å². The Bertz CT molecular complexity index is 1590. The standard InChI is InChI=1S/C34H48ClN7O4/c1-22-18-26-25(19-37-42(26)27-8-6-7-16-45-27)29(30(22)35)28-23(2)41(24-9-13-39(14-10-24)32(43)46-33(3,4)5)38-31(28)40-15-12-36-20-34(40)11-17-44-21-34/h18-19,24,27,36H,6-17,20-21H2,1-5H3. The summed E-state index contributed by atoms with van der Waals surface area (Å²) in [6.45, 7) is 15.9. The number of fused-ring (bicyclic) bond motifs is 1. The highest BCUT2D eigenvalue weighted by atomic mass is 35.5. The van der Waals surface area contributed by atoms with E-state index in [4.69, 9.17) is 36.0 Å². The van der Waals surface area contributed by atoms with Crippen LogP contribution in [-0.4, -0.2) is 94.2 Å². The summed E-state index contributed by atoms with van der Waals surface area (Å²) in [6.07, 6.45) is 7.32. The number of nitrogens with zero attached hydrogens (tertiary/aromatic N) is 6. The fraction of sp³-hybridized carbons (Fsp3) is 0.676. The number of halogens is 1. The minimum absolute atomic E-state index is 0.0785. The molecule has 1 amide bonds. The molecule has 4 saturated heterocycles. The third-order valence-electron chi connectivity index (χ3n) is 10.2. The first-order chi connectivity index (χ1) is 22.1. The lowest BCUT2D eigenvalue weighted by Gasteiger charge is -2.45. The van der Waals surface area contributed by atoms with Crippen molar-refractivity contribution in [3.05, 3.63) is 28.5 Å². The molecule has 0 bridgehead atoms. The van der Waals surface area contributed by atoms with Gasteiger partial charge in [0.1, 0.15) is 5.60 Å². The van der Waals surface area contributed by atoms with Gasteiger partial charge >= 0.3 is 6.09 Å². The molecule has 2 aromatic heterocycles. The first-order valence-electron chi connectivity index (χ1n) is 17.0. The predicted molar refractivity (Wildman–Crippen MR) is 179 cm³/mol. The fourth-order valence-corrected chi connectivity index (χ4v) is 8.02. The number of aromatic nitrogens is 4. The van der Waals surface area contributed by atoms with Gasteiger partial charge in [0.15, 0.2) is 12.0 Å². The number of benzene rings is 1. The number of ether oxygens (including phenoxy) is 3. The SMILES string of the molecule is Cc1cc2c(cnn2C2CCCCO2)c(-c2c(N3CCNCC34CCOC4)nn(C3CCN(C(=O)OC(C)(C)C)CC3)c2C)c1Cl. The highest BCUT2D eigenvalue weighted by molar-refractivity contribution is 6.36. The first-order valence-corrected chi connectivity index (χ1v) is 17.4. The van der Waals surface area contributed by atoms with Crippen LogP contribution in [0.1, 0.15) is 82.8 Å². The van der Waals surface area contributed by atoms with Gasteiger partial charge in [-0.05, 0) is 84.8 Å². The number of aryl methyl sites for hydroxylation is 1. The summed E-state index contributed by atoms with van der Waals surface area (Å²) in [5, 5.41) is 15.7. The molecule has 6 heterocycles. The van der Waals surface area contributed by atoms with Crippen LogP contribution in [0.25, 0.3) is 22.0 Å². The Morgan fingerprint density at radius 1 is 1.09 bits per heavy atom. The number of anilines is 1. The van der Waals surface area contributed by atoms with E-state index in [9.17, 15) is 4.79 Å². The maximum Gasteiger partial charge on any atom is 0.410 e. The Morgan fingerprint density at radius 2 is 1.89 bits per heavy atom. The van der Waals surface area contributed by atoms with Crippen molar-refractivity contribution in [3.63, 3.8) is 0 Å². The summed E-state index contributed by atoms with van der Waals surface area (Å²) in [6, 6.07) is 2.29. The minimum atomic E-state index is -0.519. The molecule has 4 aliphatic heterocycles. The Labute approximate surface area is 276 Å². The van der Waals surface area contributed by atoms with Crippen LogP contribution in [0.4, 0.5) is 10.6 Å². The average molecular weight is 654 g/mol. The number of carbonyl (C=O) groups is 1. The summed E-state index contributed by atoms with van der Waals surface area (Å²) in [4.78, 5) is 17.2. The molecule has 0 aliphatic carbocycles. The van der Waals surface area contributed by atoms with Crippen molar-refractivity contribution in [3.8, 4) is 11.1 Å². The number of hydrogen-bond donors (Lipinski definition) is 1. The second-order valence-corrected chi connectivity index (χ2v) is 14.9. The summed E-state index contributed by atoms with van der Waals surface area (Å²) in [7, 11) is 0. The Morgan fingerprint density at radius 3 is 2.59 bits per heavy atom. The van der Waals surface area contributed by atoms with Crippen molar-refractivity contribution < 1.29 is 19.0 Å². The minimum Gasteiger partial charge on any atom is -0.444 e. The average Bonchev–Trinajstić information content (AvgIpc) is 3.76. The van der Waals surface area contributed by atoms with Crippen LogP contribution in [0.2, 0.25) is 5.02 Å². The molecule has 7 rings (SSSR count). The van der Waals surface area contributed by atoms with E-state index in [0.29, 0.717) is 19.7 Å². The molecule has 1 aromatic carbocycles. The summed E-state index contributed by atoms with van der Waals surface area (Å²) in [5.74, 6) is 0.953. The van der Waals surface area contributed by atoms with Gasteiger partial charge in [-0.1, -0.05) is 11.6 Å². The van der Waals surface area contributed by atoms with E-state index < -0.39 is 5.60 Å². The maximum absolute atomic E-state index is 12.9. The smallest absolute Gasteiger partial charge is 0.410 e. The lowest BCUT2D eigenvalue weighted by Crippen LogP contribution is -2.62. The number of likely N-dealkylation sites (tertiary alicyclic amines) is 1. The molecule has 0 radical (unpaired) electrons. The number of amides is 1. The van der Waals surface area contributed by atoms with E-state index in [1.165, 1.54) is 0 Å². The Hall–Kier alpha value is -2.86. The molecule has 4 aliphatic rings. The topological polar surface area (TPSA) is 98.9 Å². The number of hydrogen-bond acceptors (Lipinski definition) is 8. The Kier molecular flexibility index (Phi) is 8.48. The number of rotatable bonds is 4. The summed E-state index contributed by atoms with van der Waals surface area (Å²) < 4.78 is 22.1. The van der Waals surface area contributed by atoms with Crippen molar-refractivity contribution in [2.75, 3.05) is 57.4 Å². The highest BCUT2D eigenvalue weighted by Crippen LogP contribution is 2.47. The van der Waals surface area contributed by atoms with Gasteiger partial charge in [-0.2, -0.15) is 10.2 Å². The van der Waals surface area contributed by atoms with E-state index >= 15 is 0 Å². The van der Waals surface area contributed by atoms with Crippen molar-refractivity contribution in [2.45, 2.75) is 96.6 Å². The molecule has 2 unspecified atom stereocenters. The lowest BCUT2D eigenvalue weighted by atomic mass is 9.91. The van der Waals surface area contributed by atoms with E-state index in [2.05, 4.69) is 34.8 Å². The lowest BCUT2D eigenvalue weighted by molar-refractivity contribution is -0.0366. The molecule has 3 aromatic rings. The van der Waals surface area contributed by atoms with Crippen LogP contribution in [0.15, 0.2) is 12.3 Å². The van der Waals surface area contributed by atoms with Crippen LogP contribution < -0.4 is 10.2 Å². The highest BCUT2D eigenvalue weighted by Gasteiger charge is 2.45. The summed E-state index contributed by atoms with van der Waals surface area (Å²) in [5.41, 5.74) is 4.47. The quantitative estimate of drug-likeness (QED) is 0.366. The molecule has 12 heteroatoms. The summed E-state index contributed by atoms with van der Waals surface area (Å²) >= 11 is 7.32. The van der Waals surface area contributed by atoms with E-state index in [-0.39, 0.29) is 23.9 Å². The third-order valence-corrected chi connectivity index (χ3v) is 10.7. The molecule has 4 fully saturated rings. The second-order valence-electron chi connectivity index (χ2n) is 14.5. The number of piperazine rings is 1. The second kappa shape index (κ2) is 12.3. The van der Waals surface area contributed by atoms with Crippen LogP contribution >= 0.6 is 11.6 Å². The number of nitrogens with one attached hydrogen (secondary N) is 1. The largest absolute Gasteiger partial charge is 0.444 e. The molecule has 1 spiro atoms. The molecule has 0 saturated carbocycles. The maximum atomic E-state index is 12.9. The van der Waals surface area contributed by atoms with E-state index in [1.54, 1.807) is 0 Å². The van der Waals surface area contributed by atoms with Crippen LogP contribution in [0.3, 0.4) is 0 Å². The van der Waals surface area contributed by atoms with Gasteiger partial charge < -0.3 is 29.3 Å². The van der Waals surface area contributed by atoms with Gasteiger partial charge in [0.25, 0.3) is 0 Å². The molecular formula is C34H48ClN7O4. The van der Waals surface area contributed by atoms with Gasteiger partial charge in [0.05, 0.1) is 34.9 Å². The number of carbonyl (C=O) groups excluding carboxylic acids is 1. The van der Waals surface area contributed by atoms with Crippen molar-refractivity contribution in [2.24, 2.45) is 0 Å². The van der Waals surface area contributed by atoms with Gasteiger partial charge in [-0.3, -0.25) is 4.68 Å². The van der Waals surface area contributed by atoms with Gasteiger partial charge in [0, 0.05) is 68.1 Å². The Balaban J connectivity index is 1.33. The van der Waals surface area contributed by atoms with Crippen molar-refractivity contribution in [1.82, 2.24) is 29.8 Å². The molecule has 2 atom stereocenters. The predicted octanol–water partition coefficient (Wildman–Crippen LogP) is 6.01. The van der Waals surface area contributed by atoms with Gasteiger partial charge in [-0.25, -0.2) is 9.48 Å². The van der Waals surface area contributed by atoms with Crippen LogP contribution in [0, 0.1) is 13.8 Å². The molecule has 46 heavy (non-hydrogen) atoms. The first kappa shape index (κ1) is 31.7. The zero-order chi connectivity index (χ0) is 32.2. The monoisotopic (exact) mass is 653 g/mol.